The highest BCUT2D eigenvalue weighted by atomic mass is 16.3. The minimum atomic E-state index is 0.578. The summed E-state index contributed by atoms with van der Waals surface area (Å²) in [5, 5.41) is 9.20. The summed E-state index contributed by atoms with van der Waals surface area (Å²) < 4.78 is 12.2. The zero-order valence-corrected chi connectivity index (χ0v) is 31.6. The van der Waals surface area contributed by atoms with Crippen LogP contribution < -0.4 is 4.90 Å². The maximum Gasteiger partial charge on any atom is 0.230 e. The minimum absolute atomic E-state index is 0.578. The summed E-state index contributed by atoms with van der Waals surface area (Å²) in [6.45, 7) is 0. The van der Waals surface area contributed by atoms with Gasteiger partial charge in [-0.1, -0.05) is 97.1 Å². The number of rotatable bonds is 6. The summed E-state index contributed by atoms with van der Waals surface area (Å²) in [5.41, 5.74) is 10.2. The van der Waals surface area contributed by atoms with Crippen molar-refractivity contribution in [2.75, 3.05) is 4.90 Å². The lowest BCUT2D eigenvalue weighted by atomic mass is 9.96. The molecule has 6 heteroatoms. The van der Waals surface area contributed by atoms with Crippen LogP contribution in [0.2, 0.25) is 0 Å². The summed E-state index contributed by atoms with van der Waals surface area (Å²) in [6, 6.07) is 65.7. The first-order valence-corrected chi connectivity index (χ1v) is 19.7. The largest absolute Gasteiger partial charge is 0.438 e. The van der Waals surface area contributed by atoms with Gasteiger partial charge in [0.1, 0.15) is 11.1 Å². The van der Waals surface area contributed by atoms with Crippen LogP contribution in [0, 0.1) is 0 Å². The molecule has 0 amide bonds. The molecule has 59 heavy (non-hydrogen) atoms. The van der Waals surface area contributed by atoms with Crippen LogP contribution in [0.15, 0.2) is 203 Å². The van der Waals surface area contributed by atoms with Crippen molar-refractivity contribution in [2.45, 2.75) is 0 Å². The van der Waals surface area contributed by atoms with Crippen LogP contribution in [0.1, 0.15) is 0 Å². The molecule has 0 aliphatic heterocycles. The van der Waals surface area contributed by atoms with E-state index >= 15 is 0 Å². The van der Waals surface area contributed by atoms with Gasteiger partial charge in [0.05, 0.1) is 5.39 Å². The van der Waals surface area contributed by atoms with Crippen molar-refractivity contribution in [1.29, 1.82) is 0 Å². The van der Waals surface area contributed by atoms with Crippen LogP contribution >= 0.6 is 0 Å². The topological polar surface area (TPSA) is 68.2 Å². The number of fused-ring (bicyclic) bond motifs is 8. The van der Waals surface area contributed by atoms with Crippen LogP contribution in [0.3, 0.4) is 0 Å². The van der Waals surface area contributed by atoms with Gasteiger partial charge < -0.3 is 13.7 Å². The summed E-state index contributed by atoms with van der Waals surface area (Å²) in [7, 11) is 0. The van der Waals surface area contributed by atoms with Crippen LogP contribution in [0.25, 0.3) is 99.5 Å². The van der Waals surface area contributed by atoms with Crippen LogP contribution in [-0.4, -0.2) is 15.0 Å². The molecule has 12 rings (SSSR count). The van der Waals surface area contributed by atoms with Gasteiger partial charge >= 0.3 is 0 Å². The predicted molar refractivity (Wildman–Crippen MR) is 240 cm³/mol. The summed E-state index contributed by atoms with van der Waals surface area (Å²) in [6.07, 6.45) is 1.85. The Hall–Kier alpha value is -8.09. The lowest BCUT2D eigenvalue weighted by molar-refractivity contribution is 0.620. The van der Waals surface area contributed by atoms with Gasteiger partial charge in [0.25, 0.3) is 0 Å². The molecular formula is C53H32N4O2. The third kappa shape index (κ3) is 5.69. The molecule has 3 heterocycles. The molecule has 12 aromatic rings. The normalized spacial score (nSPS) is 11.7. The van der Waals surface area contributed by atoms with E-state index in [0.29, 0.717) is 17.4 Å². The number of hydrogen-bond acceptors (Lipinski definition) is 6. The number of hydrogen-bond donors (Lipinski definition) is 0. The Bertz CT molecular complexity index is 3540. The number of benzene rings is 9. The fraction of sp³-hybridized carbons (Fsp3) is 0. The van der Waals surface area contributed by atoms with Gasteiger partial charge in [-0.3, -0.25) is 0 Å². The number of nitrogens with zero attached hydrogens (tertiary/aromatic N) is 4. The van der Waals surface area contributed by atoms with Gasteiger partial charge in [0, 0.05) is 39.8 Å². The number of oxazole rings is 1. The van der Waals surface area contributed by atoms with Gasteiger partial charge in [0.2, 0.25) is 11.6 Å². The van der Waals surface area contributed by atoms with Crippen LogP contribution in [-0.2, 0) is 0 Å². The third-order valence-electron chi connectivity index (χ3n) is 11.3. The second-order valence-corrected chi connectivity index (χ2v) is 14.9. The second-order valence-electron chi connectivity index (χ2n) is 14.9. The van der Waals surface area contributed by atoms with E-state index in [9.17, 15) is 0 Å². The highest BCUT2D eigenvalue weighted by molar-refractivity contribution is 6.10. The Balaban J connectivity index is 0.929. The van der Waals surface area contributed by atoms with Crippen LogP contribution in [0.5, 0.6) is 0 Å². The summed E-state index contributed by atoms with van der Waals surface area (Å²) in [4.78, 5) is 16.6. The first kappa shape index (κ1) is 33.1. The molecule has 0 saturated heterocycles. The van der Waals surface area contributed by atoms with Crippen molar-refractivity contribution in [1.82, 2.24) is 15.0 Å². The number of para-hydroxylation sites is 3. The Kier molecular flexibility index (Phi) is 7.43. The highest BCUT2D eigenvalue weighted by Gasteiger charge is 2.17. The predicted octanol–water partition coefficient (Wildman–Crippen LogP) is 14.4. The molecule has 6 nitrogen and oxygen atoms in total. The lowest BCUT2D eigenvalue weighted by Gasteiger charge is -2.26. The molecule has 0 aliphatic carbocycles. The van der Waals surface area contributed by atoms with E-state index in [0.717, 1.165) is 61.0 Å². The Morgan fingerprint density at radius 2 is 0.966 bits per heavy atom. The Morgan fingerprint density at radius 3 is 1.76 bits per heavy atom. The standard InChI is InChI=1S/C53H32N4O2/c1-2-8-36-29-37(14-13-33(36)7-1)38-21-27-44-39(30-38)15-16-40-31-43(26-28-45(40)44)57(42-24-19-35(20-25-42)52-55-48-10-4-6-12-50(48)59-52)41-22-17-34(18-23-41)51-54-32-47-46-9-3-5-11-49(46)58-53(47)56-51/h1-32H. The van der Waals surface area contributed by atoms with E-state index in [-0.39, 0.29) is 0 Å². The first-order chi connectivity index (χ1) is 29.2. The molecule has 0 saturated carbocycles. The number of aromatic nitrogens is 3. The monoisotopic (exact) mass is 756 g/mol. The maximum atomic E-state index is 6.11. The van der Waals surface area contributed by atoms with Crippen LogP contribution in [0.4, 0.5) is 17.1 Å². The molecule has 3 aromatic heterocycles. The molecule has 0 radical (unpaired) electrons. The van der Waals surface area contributed by atoms with E-state index in [1.54, 1.807) is 0 Å². The Labute approximate surface area is 338 Å². The highest BCUT2D eigenvalue weighted by Crippen LogP contribution is 2.40. The summed E-state index contributed by atoms with van der Waals surface area (Å²) >= 11 is 0. The van der Waals surface area contributed by atoms with E-state index < -0.39 is 0 Å². The van der Waals surface area contributed by atoms with E-state index in [1.165, 1.54) is 38.1 Å². The van der Waals surface area contributed by atoms with Gasteiger partial charge in [-0.05, 0) is 134 Å². The average molecular weight is 757 g/mol. The van der Waals surface area contributed by atoms with Crippen molar-refractivity contribution < 1.29 is 8.83 Å². The fourth-order valence-corrected chi connectivity index (χ4v) is 8.35. The number of furan rings is 1. The minimum Gasteiger partial charge on any atom is -0.438 e. The molecule has 9 aromatic carbocycles. The van der Waals surface area contributed by atoms with Crippen molar-refractivity contribution >= 4 is 82.5 Å². The van der Waals surface area contributed by atoms with Crippen molar-refractivity contribution in [2.24, 2.45) is 0 Å². The zero-order chi connectivity index (χ0) is 38.9. The SMILES string of the molecule is c1ccc2cc(-c3ccc4c(ccc5cc(N(c6ccc(-c7ncc8c(n7)oc7ccccc78)cc6)c6ccc(-c7nc8ccccc8o7)cc6)ccc54)c3)ccc2c1. The lowest BCUT2D eigenvalue weighted by Crippen LogP contribution is -2.10. The summed E-state index contributed by atoms with van der Waals surface area (Å²) in [5.74, 6) is 1.20. The van der Waals surface area contributed by atoms with Crippen molar-refractivity contribution in [3.05, 3.63) is 194 Å². The molecule has 0 atom stereocenters. The molecular weight excluding hydrogens is 725 g/mol. The van der Waals surface area contributed by atoms with Gasteiger partial charge in [-0.2, -0.15) is 4.98 Å². The second kappa shape index (κ2) is 13.3. The first-order valence-electron chi connectivity index (χ1n) is 19.7. The van der Waals surface area contributed by atoms with Gasteiger partial charge in [-0.25, -0.2) is 9.97 Å². The number of anilines is 3. The van der Waals surface area contributed by atoms with Gasteiger partial charge in [0.15, 0.2) is 11.4 Å². The zero-order valence-electron chi connectivity index (χ0n) is 31.6. The van der Waals surface area contributed by atoms with Crippen molar-refractivity contribution in [3.63, 3.8) is 0 Å². The Morgan fingerprint density at radius 1 is 0.373 bits per heavy atom. The average Bonchev–Trinajstić information content (AvgIpc) is 3.91. The van der Waals surface area contributed by atoms with E-state index in [4.69, 9.17) is 23.8 Å². The quantitative estimate of drug-likeness (QED) is 0.157. The van der Waals surface area contributed by atoms with E-state index in [1.807, 2.05) is 54.7 Å². The molecule has 0 aliphatic rings. The maximum absolute atomic E-state index is 6.11. The molecule has 0 N–H and O–H groups in total. The van der Waals surface area contributed by atoms with Crippen molar-refractivity contribution in [3.8, 4) is 34.0 Å². The fourth-order valence-electron chi connectivity index (χ4n) is 8.35. The van der Waals surface area contributed by atoms with E-state index in [2.05, 4.69) is 144 Å². The molecule has 0 fully saturated rings. The third-order valence-corrected chi connectivity index (χ3v) is 11.3. The van der Waals surface area contributed by atoms with Gasteiger partial charge in [-0.15, -0.1) is 0 Å². The molecule has 276 valence electrons. The molecule has 0 bridgehead atoms. The molecule has 0 spiro atoms. The smallest absolute Gasteiger partial charge is 0.230 e. The molecule has 0 unspecified atom stereocenters.